The third kappa shape index (κ3) is 3.49. The molecule has 0 aliphatic heterocycles. The normalized spacial score (nSPS) is 12.0. The molecule has 0 N–H and O–H groups in total. The monoisotopic (exact) mass is 348 g/mol. The quantitative estimate of drug-likeness (QED) is 0.704. The van der Waals surface area contributed by atoms with Crippen molar-refractivity contribution >= 4 is 31.9 Å². The first-order chi connectivity index (χ1) is 7.21. The summed E-state index contributed by atoms with van der Waals surface area (Å²) in [6.07, 6.45) is 0.185. The largest absolute Gasteiger partial charge is 0.490 e. The van der Waals surface area contributed by atoms with Gasteiger partial charge in [0.05, 0.1) is 10.6 Å². The molecule has 0 amide bonds. The Morgan fingerprint density at radius 2 is 1.62 bits per heavy atom. The van der Waals surface area contributed by atoms with Gasteiger partial charge in [-0.3, -0.25) is 0 Å². The van der Waals surface area contributed by atoms with Crippen LogP contribution < -0.4 is 4.74 Å². The molecule has 1 rings (SSSR count). The molecular formula is C13H18Br2O. The van der Waals surface area contributed by atoms with Crippen molar-refractivity contribution in [3.63, 3.8) is 0 Å². The molecule has 0 saturated carbocycles. The van der Waals surface area contributed by atoms with Gasteiger partial charge in [0.2, 0.25) is 0 Å². The molecule has 0 bridgehead atoms. The molecule has 0 unspecified atom stereocenters. The molecule has 3 heteroatoms. The second-order valence-corrected chi connectivity index (χ2v) is 6.89. The number of ether oxygens (including phenoxy) is 1. The predicted octanol–water partition coefficient (Wildman–Crippen LogP) is 5.30. The van der Waals surface area contributed by atoms with Crippen molar-refractivity contribution in [3.8, 4) is 5.75 Å². The van der Waals surface area contributed by atoms with Crippen LogP contribution in [0.2, 0.25) is 0 Å². The van der Waals surface area contributed by atoms with E-state index in [1.807, 2.05) is 13.8 Å². The lowest BCUT2D eigenvalue weighted by Crippen LogP contribution is -2.13. The van der Waals surface area contributed by atoms with E-state index in [1.54, 1.807) is 0 Å². The lowest BCUT2D eigenvalue weighted by molar-refractivity contribution is 0.240. The van der Waals surface area contributed by atoms with E-state index in [2.05, 4.69) is 64.8 Å². The van der Waals surface area contributed by atoms with E-state index in [1.165, 1.54) is 5.56 Å². The van der Waals surface area contributed by atoms with Crippen LogP contribution >= 0.6 is 31.9 Å². The minimum Gasteiger partial charge on any atom is -0.490 e. The first-order valence-corrected chi connectivity index (χ1v) is 6.96. The average molecular weight is 350 g/mol. The Labute approximate surface area is 115 Å². The third-order valence-electron chi connectivity index (χ3n) is 2.19. The van der Waals surface area contributed by atoms with Gasteiger partial charge in [-0.1, -0.05) is 36.7 Å². The zero-order chi connectivity index (χ0) is 12.5. The topological polar surface area (TPSA) is 9.23 Å². The molecule has 0 spiro atoms. The fourth-order valence-electron chi connectivity index (χ4n) is 1.45. The Morgan fingerprint density at radius 3 is 2.06 bits per heavy atom. The minimum absolute atomic E-state index is 0.106. The maximum Gasteiger partial charge on any atom is 0.134 e. The van der Waals surface area contributed by atoms with Gasteiger partial charge in [-0.15, -0.1) is 0 Å². The summed E-state index contributed by atoms with van der Waals surface area (Å²) in [7, 11) is 0. The van der Waals surface area contributed by atoms with Crippen LogP contribution in [-0.2, 0) is 5.41 Å². The lowest BCUT2D eigenvalue weighted by atomic mass is 9.87. The summed E-state index contributed by atoms with van der Waals surface area (Å²) < 4.78 is 7.87. The van der Waals surface area contributed by atoms with Crippen molar-refractivity contribution < 1.29 is 4.74 Å². The van der Waals surface area contributed by atoms with Crippen LogP contribution in [0.5, 0.6) is 5.75 Å². The zero-order valence-corrected chi connectivity index (χ0v) is 13.6. The molecule has 0 saturated heterocycles. The highest BCUT2D eigenvalue weighted by atomic mass is 79.9. The van der Waals surface area contributed by atoms with Crippen LogP contribution in [0.1, 0.15) is 40.2 Å². The van der Waals surface area contributed by atoms with Gasteiger partial charge in [0.15, 0.2) is 0 Å². The summed E-state index contributed by atoms with van der Waals surface area (Å²) in [5, 5.41) is 0. The van der Waals surface area contributed by atoms with Crippen LogP contribution in [0.15, 0.2) is 21.1 Å². The van der Waals surface area contributed by atoms with Crippen LogP contribution in [-0.4, -0.2) is 6.10 Å². The fraction of sp³-hybridized carbons (Fsp3) is 0.538. The molecular weight excluding hydrogens is 332 g/mol. The highest BCUT2D eigenvalue weighted by molar-refractivity contribution is 9.11. The highest BCUT2D eigenvalue weighted by Gasteiger charge is 2.19. The van der Waals surface area contributed by atoms with Gasteiger partial charge in [-0.2, -0.15) is 0 Å². The third-order valence-corrected chi connectivity index (χ3v) is 3.47. The summed E-state index contributed by atoms with van der Waals surface area (Å²) in [6.45, 7) is 10.6. The van der Waals surface area contributed by atoms with Gasteiger partial charge in [0.1, 0.15) is 5.75 Å². The van der Waals surface area contributed by atoms with Gasteiger partial charge in [-0.25, -0.2) is 0 Å². The molecule has 0 fully saturated rings. The number of hydrogen-bond acceptors (Lipinski definition) is 1. The van der Waals surface area contributed by atoms with Gasteiger partial charge in [-0.05, 0) is 52.9 Å². The van der Waals surface area contributed by atoms with Gasteiger partial charge < -0.3 is 4.74 Å². The Morgan fingerprint density at radius 1 is 1.06 bits per heavy atom. The molecule has 1 aromatic rings. The van der Waals surface area contributed by atoms with E-state index in [0.717, 1.165) is 14.7 Å². The van der Waals surface area contributed by atoms with E-state index in [9.17, 15) is 0 Å². The van der Waals surface area contributed by atoms with Crippen LogP contribution in [0.25, 0.3) is 0 Å². The lowest BCUT2D eigenvalue weighted by Gasteiger charge is -2.23. The van der Waals surface area contributed by atoms with E-state index < -0.39 is 0 Å². The zero-order valence-electron chi connectivity index (χ0n) is 10.4. The Balaban J connectivity index is 3.22. The molecule has 0 aliphatic carbocycles. The molecule has 90 valence electrons. The van der Waals surface area contributed by atoms with Crippen molar-refractivity contribution in [2.45, 2.75) is 46.1 Å². The Kier molecular flexibility index (Phi) is 4.47. The summed E-state index contributed by atoms with van der Waals surface area (Å²) in [5.74, 6) is 0.906. The van der Waals surface area contributed by atoms with Crippen molar-refractivity contribution in [3.05, 3.63) is 26.6 Å². The molecule has 0 aliphatic rings. The summed E-state index contributed by atoms with van der Waals surface area (Å²) in [4.78, 5) is 0. The SMILES string of the molecule is CC(C)Oc1cc(C(C)(C)C)c(Br)cc1Br. The highest BCUT2D eigenvalue weighted by Crippen LogP contribution is 2.37. The summed E-state index contributed by atoms with van der Waals surface area (Å²) >= 11 is 7.12. The molecule has 0 heterocycles. The molecule has 1 nitrogen and oxygen atoms in total. The van der Waals surface area contributed by atoms with Crippen LogP contribution in [0.3, 0.4) is 0 Å². The van der Waals surface area contributed by atoms with Gasteiger partial charge in [0.25, 0.3) is 0 Å². The first kappa shape index (κ1) is 14.0. The van der Waals surface area contributed by atoms with E-state index in [-0.39, 0.29) is 11.5 Å². The number of rotatable bonds is 2. The number of halogens is 2. The molecule has 16 heavy (non-hydrogen) atoms. The number of hydrogen-bond donors (Lipinski definition) is 0. The number of benzene rings is 1. The van der Waals surface area contributed by atoms with Crippen LogP contribution in [0, 0.1) is 0 Å². The molecule has 1 aromatic carbocycles. The molecule has 0 aromatic heterocycles. The van der Waals surface area contributed by atoms with Gasteiger partial charge >= 0.3 is 0 Å². The van der Waals surface area contributed by atoms with Crippen molar-refractivity contribution in [1.29, 1.82) is 0 Å². The first-order valence-electron chi connectivity index (χ1n) is 5.38. The van der Waals surface area contributed by atoms with Crippen molar-refractivity contribution in [2.75, 3.05) is 0 Å². The predicted molar refractivity (Wildman–Crippen MR) is 76.3 cm³/mol. The van der Waals surface area contributed by atoms with Crippen molar-refractivity contribution in [1.82, 2.24) is 0 Å². The van der Waals surface area contributed by atoms with Crippen LogP contribution in [0.4, 0.5) is 0 Å². The van der Waals surface area contributed by atoms with E-state index >= 15 is 0 Å². The second kappa shape index (κ2) is 5.09. The fourth-order valence-corrected chi connectivity index (χ4v) is 3.13. The maximum absolute atomic E-state index is 5.77. The molecule has 0 atom stereocenters. The minimum atomic E-state index is 0.106. The second-order valence-electron chi connectivity index (χ2n) is 5.18. The Hall–Kier alpha value is -0.0200. The smallest absolute Gasteiger partial charge is 0.134 e. The van der Waals surface area contributed by atoms with Gasteiger partial charge in [0, 0.05) is 4.47 Å². The molecule has 0 radical (unpaired) electrons. The maximum atomic E-state index is 5.77. The van der Waals surface area contributed by atoms with E-state index in [0.29, 0.717) is 0 Å². The van der Waals surface area contributed by atoms with Crippen molar-refractivity contribution in [2.24, 2.45) is 0 Å². The standard InChI is InChI=1S/C13H18Br2O/c1-8(2)16-12-6-9(13(3,4)5)10(14)7-11(12)15/h6-8H,1-5H3. The summed E-state index contributed by atoms with van der Waals surface area (Å²) in [6, 6.07) is 4.16. The summed E-state index contributed by atoms with van der Waals surface area (Å²) in [5.41, 5.74) is 1.36. The Bertz CT molecular complexity index is 378. The van der Waals surface area contributed by atoms with E-state index in [4.69, 9.17) is 4.74 Å². The average Bonchev–Trinajstić information content (AvgIpc) is 2.06.